The van der Waals surface area contributed by atoms with E-state index in [1.165, 1.54) is 11.1 Å². The predicted octanol–water partition coefficient (Wildman–Crippen LogP) is 3.32. The number of hydrogen-bond donors (Lipinski definition) is 1. The molecule has 0 bridgehead atoms. The number of aryl methyl sites for hydroxylation is 1. The summed E-state index contributed by atoms with van der Waals surface area (Å²) in [7, 11) is 4.27. The number of nitrogens with zero attached hydrogens (tertiary/aromatic N) is 3. The molecule has 0 amide bonds. The maximum absolute atomic E-state index is 5.78. The molecule has 1 heterocycles. The van der Waals surface area contributed by atoms with Crippen molar-refractivity contribution in [1.82, 2.24) is 15.1 Å². The number of nitrogens with one attached hydrogen (secondary N) is 1. The Balaban J connectivity index is 2.06. The molecule has 1 atom stereocenters. The normalized spacial score (nSPS) is 17.4. The molecule has 5 nitrogen and oxygen atoms in total. The van der Waals surface area contributed by atoms with Crippen molar-refractivity contribution >= 4 is 5.96 Å². The van der Waals surface area contributed by atoms with Gasteiger partial charge >= 0.3 is 0 Å². The van der Waals surface area contributed by atoms with E-state index in [-0.39, 0.29) is 6.04 Å². The highest BCUT2D eigenvalue weighted by Crippen LogP contribution is 2.20. The van der Waals surface area contributed by atoms with E-state index in [2.05, 4.69) is 74.2 Å². The van der Waals surface area contributed by atoms with Gasteiger partial charge in [0.15, 0.2) is 5.96 Å². The molecular formula is C22H38N4O. The van der Waals surface area contributed by atoms with Crippen LogP contribution in [0.25, 0.3) is 0 Å². The highest BCUT2D eigenvalue weighted by atomic mass is 16.5. The maximum Gasteiger partial charge on any atom is 0.193 e. The molecular weight excluding hydrogens is 336 g/mol. The van der Waals surface area contributed by atoms with Gasteiger partial charge in [-0.1, -0.05) is 31.2 Å². The fourth-order valence-corrected chi connectivity index (χ4v) is 3.61. The highest BCUT2D eigenvalue weighted by molar-refractivity contribution is 5.80. The Kier molecular flexibility index (Phi) is 9.08. The second-order valence-corrected chi connectivity index (χ2v) is 7.41. The average Bonchev–Trinajstić information content (AvgIpc) is 2.68. The van der Waals surface area contributed by atoms with Gasteiger partial charge < -0.3 is 19.9 Å². The summed E-state index contributed by atoms with van der Waals surface area (Å²) < 4.78 is 5.78. The van der Waals surface area contributed by atoms with E-state index in [1.54, 1.807) is 0 Å². The molecule has 1 aromatic rings. The van der Waals surface area contributed by atoms with E-state index in [4.69, 9.17) is 9.73 Å². The second-order valence-electron chi connectivity index (χ2n) is 7.41. The van der Waals surface area contributed by atoms with Crippen molar-refractivity contribution in [2.24, 2.45) is 4.99 Å². The van der Waals surface area contributed by atoms with Crippen LogP contribution in [-0.2, 0) is 11.2 Å². The lowest BCUT2D eigenvalue weighted by atomic mass is 10.0. The van der Waals surface area contributed by atoms with Crippen LogP contribution in [0.2, 0.25) is 0 Å². The summed E-state index contributed by atoms with van der Waals surface area (Å²) >= 11 is 0. The van der Waals surface area contributed by atoms with Gasteiger partial charge in [0.1, 0.15) is 0 Å². The zero-order chi connectivity index (χ0) is 19.6. The fraction of sp³-hybridized carbons (Fsp3) is 0.682. The SMILES string of the molecule is CCNC(=NCC(c1ccc(CC)cc1)N(C)C)N1CCC(OCC)CC1. The fourth-order valence-electron chi connectivity index (χ4n) is 3.61. The number of likely N-dealkylation sites (tertiary alicyclic amines) is 1. The van der Waals surface area contributed by atoms with Crippen LogP contribution in [0.3, 0.4) is 0 Å². The Morgan fingerprint density at radius 1 is 1.19 bits per heavy atom. The molecule has 2 rings (SSSR count). The van der Waals surface area contributed by atoms with E-state index < -0.39 is 0 Å². The molecule has 1 aliphatic heterocycles. The molecule has 0 spiro atoms. The van der Waals surface area contributed by atoms with Crippen molar-refractivity contribution in [3.63, 3.8) is 0 Å². The van der Waals surface area contributed by atoms with Crippen LogP contribution in [0, 0.1) is 0 Å². The number of ether oxygens (including phenoxy) is 1. The summed E-state index contributed by atoms with van der Waals surface area (Å²) in [5.41, 5.74) is 2.71. The number of likely N-dealkylation sites (N-methyl/N-ethyl adjacent to an activating group) is 1. The molecule has 1 fully saturated rings. The van der Waals surface area contributed by atoms with Gasteiger partial charge in [-0.25, -0.2) is 0 Å². The first kappa shape index (κ1) is 21.7. The van der Waals surface area contributed by atoms with Gasteiger partial charge in [0.05, 0.1) is 18.7 Å². The largest absolute Gasteiger partial charge is 0.378 e. The molecule has 0 aliphatic carbocycles. The Bertz CT molecular complexity index is 562. The number of guanidine groups is 1. The van der Waals surface area contributed by atoms with Crippen LogP contribution >= 0.6 is 0 Å². The number of hydrogen-bond acceptors (Lipinski definition) is 3. The van der Waals surface area contributed by atoms with Crippen molar-refractivity contribution in [3.8, 4) is 0 Å². The third-order valence-corrected chi connectivity index (χ3v) is 5.29. The average molecular weight is 375 g/mol. The minimum absolute atomic E-state index is 0.283. The summed E-state index contributed by atoms with van der Waals surface area (Å²) in [5, 5.41) is 3.48. The topological polar surface area (TPSA) is 40.1 Å². The highest BCUT2D eigenvalue weighted by Gasteiger charge is 2.22. The van der Waals surface area contributed by atoms with Crippen LogP contribution in [0.5, 0.6) is 0 Å². The van der Waals surface area contributed by atoms with Crippen molar-refractivity contribution < 1.29 is 4.74 Å². The van der Waals surface area contributed by atoms with Crippen molar-refractivity contribution in [2.45, 2.75) is 52.2 Å². The summed E-state index contributed by atoms with van der Waals surface area (Å²) in [6.07, 6.45) is 3.63. The van der Waals surface area contributed by atoms with Crippen LogP contribution in [0.1, 0.15) is 50.8 Å². The molecule has 27 heavy (non-hydrogen) atoms. The molecule has 1 aromatic carbocycles. The lowest BCUT2D eigenvalue weighted by Gasteiger charge is -2.34. The molecule has 0 saturated carbocycles. The third kappa shape index (κ3) is 6.51. The van der Waals surface area contributed by atoms with Crippen molar-refractivity contribution in [1.29, 1.82) is 0 Å². The summed E-state index contributed by atoms with van der Waals surface area (Å²) in [6, 6.07) is 9.25. The van der Waals surface area contributed by atoms with Crippen LogP contribution in [0.15, 0.2) is 29.3 Å². The van der Waals surface area contributed by atoms with E-state index in [1.807, 2.05) is 0 Å². The third-order valence-electron chi connectivity index (χ3n) is 5.29. The first-order valence-electron chi connectivity index (χ1n) is 10.5. The molecule has 0 aromatic heterocycles. The number of benzene rings is 1. The van der Waals surface area contributed by atoms with Gasteiger partial charge in [0, 0.05) is 26.2 Å². The van der Waals surface area contributed by atoms with Gasteiger partial charge in [0.25, 0.3) is 0 Å². The molecule has 5 heteroatoms. The molecule has 1 aliphatic rings. The predicted molar refractivity (Wildman–Crippen MR) is 114 cm³/mol. The quantitative estimate of drug-likeness (QED) is 0.560. The van der Waals surface area contributed by atoms with Crippen LogP contribution < -0.4 is 5.32 Å². The minimum Gasteiger partial charge on any atom is -0.378 e. The zero-order valence-electron chi connectivity index (χ0n) is 17.9. The number of piperidine rings is 1. The van der Waals surface area contributed by atoms with Crippen LogP contribution in [-0.4, -0.2) is 68.7 Å². The smallest absolute Gasteiger partial charge is 0.193 e. The Hall–Kier alpha value is -1.59. The molecule has 1 saturated heterocycles. The van der Waals surface area contributed by atoms with E-state index in [9.17, 15) is 0 Å². The Morgan fingerprint density at radius 2 is 1.85 bits per heavy atom. The molecule has 1 N–H and O–H groups in total. The van der Waals surface area contributed by atoms with Gasteiger partial charge in [0.2, 0.25) is 0 Å². The van der Waals surface area contributed by atoms with E-state index in [0.717, 1.165) is 58.0 Å². The second kappa shape index (κ2) is 11.3. The van der Waals surface area contributed by atoms with Crippen molar-refractivity contribution in [3.05, 3.63) is 35.4 Å². The van der Waals surface area contributed by atoms with Crippen LogP contribution in [0.4, 0.5) is 0 Å². The first-order valence-corrected chi connectivity index (χ1v) is 10.5. The van der Waals surface area contributed by atoms with Gasteiger partial charge in [-0.3, -0.25) is 4.99 Å². The Morgan fingerprint density at radius 3 is 2.37 bits per heavy atom. The standard InChI is InChI=1S/C22H38N4O/c1-6-18-9-11-19(12-10-18)21(25(4)5)17-24-22(23-7-2)26-15-13-20(14-16-26)27-8-3/h9-12,20-21H,6-8,13-17H2,1-5H3,(H,23,24). The Labute approximate surface area is 165 Å². The van der Waals surface area contributed by atoms with Gasteiger partial charge in [-0.05, 0) is 58.3 Å². The minimum atomic E-state index is 0.283. The lowest BCUT2D eigenvalue weighted by Crippen LogP contribution is -2.47. The van der Waals surface area contributed by atoms with E-state index >= 15 is 0 Å². The number of rotatable bonds is 8. The molecule has 152 valence electrons. The summed E-state index contributed by atoms with van der Waals surface area (Å²) in [5.74, 6) is 1.03. The van der Waals surface area contributed by atoms with Crippen molar-refractivity contribution in [2.75, 3.05) is 46.9 Å². The number of aliphatic imine (C=N–C) groups is 1. The molecule has 0 radical (unpaired) electrons. The van der Waals surface area contributed by atoms with E-state index in [0.29, 0.717) is 6.10 Å². The first-order chi connectivity index (χ1) is 13.1. The van der Waals surface area contributed by atoms with Gasteiger partial charge in [-0.2, -0.15) is 0 Å². The maximum atomic E-state index is 5.78. The van der Waals surface area contributed by atoms with Gasteiger partial charge in [-0.15, -0.1) is 0 Å². The summed E-state index contributed by atoms with van der Waals surface area (Å²) in [4.78, 5) is 9.64. The zero-order valence-corrected chi connectivity index (χ0v) is 17.9. The lowest BCUT2D eigenvalue weighted by molar-refractivity contribution is 0.0263. The summed E-state index contributed by atoms with van der Waals surface area (Å²) in [6.45, 7) is 10.9. The monoisotopic (exact) mass is 374 g/mol. The molecule has 1 unspecified atom stereocenters.